The number of hydrogen-bond donors (Lipinski definition) is 25. The van der Waals surface area contributed by atoms with Gasteiger partial charge in [-0.3, -0.25) is 111 Å². The number of carbonyl (C=O) groups is 22. The van der Waals surface area contributed by atoms with Crippen molar-refractivity contribution in [2.75, 3.05) is 55.7 Å². The Bertz CT molecular complexity index is 4060. The van der Waals surface area contributed by atoms with Gasteiger partial charge in [0.2, 0.25) is 94.5 Å². The molecule has 0 unspecified atom stereocenters. The van der Waals surface area contributed by atoms with E-state index in [0.29, 0.717) is 11.3 Å². The fraction of sp³-hybridized carbons (Fsp3) is 0.623. The van der Waals surface area contributed by atoms with Crippen LogP contribution in [-0.4, -0.2) is 318 Å². The van der Waals surface area contributed by atoms with Crippen LogP contribution in [0.4, 0.5) is 0 Å². The molecule has 16 amide bonds. The monoisotopic (exact) mass is 1870 g/mol. The Labute approximate surface area is 749 Å². The Morgan fingerprint density at radius 1 is 0.406 bits per heavy atom. The van der Waals surface area contributed by atoms with Crippen molar-refractivity contribution in [1.82, 2.24) is 84.7 Å². The largest absolute Gasteiger partial charge is 0.481 e. The number of thioether (sulfide) groups is 3. The minimum Gasteiger partial charge on any atom is -0.481 e. The third-order valence-corrected chi connectivity index (χ3v) is 21.4. The molecule has 0 saturated carbocycles. The van der Waals surface area contributed by atoms with Gasteiger partial charge in [0, 0.05) is 51.6 Å². The number of guanidine groups is 1. The smallest absolute Gasteiger partial charge is 0.322 e. The molecule has 0 bridgehead atoms. The molecule has 0 radical (unpaired) electrons. The number of carboxylic acid groups (broad SMARTS) is 6. The maximum Gasteiger partial charge on any atom is 0.322 e. The van der Waals surface area contributed by atoms with Gasteiger partial charge in [0.1, 0.15) is 91.1 Å². The number of carboxylic acids is 6. The molecule has 51 heteroatoms. The number of nitrogens with one attached hydrogen (secondary N) is 16. The van der Waals surface area contributed by atoms with E-state index >= 15 is 0 Å². The van der Waals surface area contributed by atoms with Crippen LogP contribution in [-0.2, 0) is 112 Å². The van der Waals surface area contributed by atoms with E-state index in [-0.39, 0.29) is 69.5 Å². The Morgan fingerprint density at radius 3 is 1.22 bits per heavy atom. The maximum absolute atomic E-state index is 14.8. The summed E-state index contributed by atoms with van der Waals surface area (Å²) in [4.78, 5) is 296. The lowest BCUT2D eigenvalue weighted by atomic mass is 10.0. The zero-order valence-corrected chi connectivity index (χ0v) is 74.3. The summed E-state index contributed by atoms with van der Waals surface area (Å²) in [6.07, 6.45) is -4.11. The number of aliphatic carboxylic acids is 6. The molecule has 1 heterocycles. The van der Waals surface area contributed by atoms with Crippen molar-refractivity contribution < 1.29 is 136 Å². The number of nitrogens with two attached hydrogens (primary N) is 3. The second kappa shape index (κ2) is 59.0. The molecule has 1 aromatic carbocycles. The lowest BCUT2D eigenvalue weighted by Crippen LogP contribution is -2.61. The second-order valence-corrected chi connectivity index (χ2v) is 33.0. The fourth-order valence-electron chi connectivity index (χ4n) is 12.4. The number of rotatable bonds is 63. The first-order chi connectivity index (χ1) is 60.2. The summed E-state index contributed by atoms with van der Waals surface area (Å²) in [5.41, 5.74) is 17.3. The molecule has 1 saturated heterocycles. The van der Waals surface area contributed by atoms with Gasteiger partial charge in [0.05, 0.1) is 12.5 Å². The van der Waals surface area contributed by atoms with Gasteiger partial charge >= 0.3 is 35.8 Å². The standard InChI is InChI=1S/C77H120N20O28S3/c1-38(2)61(75(124)92-49(29-34-128-7)70(119)88-46(19-24-56(101)102)69(118)95-52(36-59(107)108)73(122)90-48(28-33-127-6)65(114)85-39(3)62(111)83-37-60(109)110)96-71(120)47(20-25-57(103)104)89-72(121)51(35-41-13-9-8-10-14-41)94-68(117)45(18-23-55(99)100)87-67(116)44(17-22-54(79)98)86-66(115)43(15-11-30-82-77(80)81)91-74(123)53-16-12-31-97(53)76(125)50(21-26-58(105)106)93-63(112)40(4)84-64(113)42(78)27-32-126-5/h8-10,13-14,38-40,42-53,61H,11-12,15-37,78H2,1-7H3,(H2,79,98)(H,83,111)(H,84,113)(H,85,114)(H,86,115)(H,87,116)(H,88,119)(H,89,121)(H,90,122)(H,91,123)(H,92,124)(H,93,112)(H,94,117)(H,95,118)(H,96,120)(H,99,100)(H,101,102)(H,103,104)(H,105,106)(H,107,108)(H,109,110)(H4,80,81,82)/t39-,40+,42+,43-,44-,45-,46-,47-,48-,49-,50-,51-,52-,53-,61-/m0/s1. The Morgan fingerprint density at radius 2 is 0.781 bits per heavy atom. The normalized spacial score (nSPS) is 15.4. The molecular formula is C77H120N20O28S3. The molecule has 15 atom stereocenters. The summed E-state index contributed by atoms with van der Waals surface area (Å²) in [6, 6.07) is -17.0. The predicted octanol–water partition coefficient (Wildman–Crippen LogP) is -6.53. The number of primary amides is 1. The summed E-state index contributed by atoms with van der Waals surface area (Å²) < 4.78 is 0. The second-order valence-electron chi connectivity index (χ2n) is 30.1. The van der Waals surface area contributed by atoms with E-state index in [1.54, 1.807) is 24.8 Å². The lowest BCUT2D eigenvalue weighted by Gasteiger charge is -2.31. The molecule has 28 N–H and O–H groups in total. The van der Waals surface area contributed by atoms with E-state index in [4.69, 9.17) is 27.7 Å². The van der Waals surface area contributed by atoms with Crippen LogP contribution < -0.4 is 97.0 Å². The third kappa shape index (κ3) is 43.4. The predicted molar refractivity (Wildman–Crippen MR) is 461 cm³/mol. The first kappa shape index (κ1) is 112. The van der Waals surface area contributed by atoms with Crippen LogP contribution in [0.15, 0.2) is 30.3 Å². The minimum atomic E-state index is -2.04. The molecule has 1 aromatic rings. The molecule has 1 fully saturated rings. The highest BCUT2D eigenvalue weighted by Crippen LogP contribution is 2.22. The van der Waals surface area contributed by atoms with Gasteiger partial charge in [0.25, 0.3) is 0 Å². The SMILES string of the molecule is CSCC[C@@H](N)C(=O)N[C@H](C)C(=O)N[C@@H](CCC(=O)O)C(=O)N1CCC[C@H]1C(=O)N[C@@H](CCCNC(=N)N)C(=O)N[C@@H](CCC(N)=O)C(=O)N[C@@H](CCC(=O)O)C(=O)N[C@@H](Cc1ccccc1)C(=O)N[C@@H](CCC(=O)O)C(=O)N[C@H](C(=O)N[C@@H](CCSC)C(=O)N[C@@H](CCC(=O)O)C(=O)N[C@@H](CC(=O)O)C(=O)N[C@@H](CCSC)C(=O)N[C@@H](C)C(=O)NCC(=O)O)C(C)C. The van der Waals surface area contributed by atoms with Crippen LogP contribution in [0.25, 0.3) is 0 Å². The van der Waals surface area contributed by atoms with Crippen molar-refractivity contribution in [1.29, 1.82) is 5.41 Å². The molecule has 128 heavy (non-hydrogen) atoms. The van der Waals surface area contributed by atoms with Crippen LogP contribution in [0.5, 0.6) is 0 Å². The highest BCUT2D eigenvalue weighted by Gasteiger charge is 2.42. The summed E-state index contributed by atoms with van der Waals surface area (Å²) >= 11 is 3.81. The maximum atomic E-state index is 14.8. The zero-order valence-electron chi connectivity index (χ0n) is 71.9. The molecule has 1 aliphatic rings. The van der Waals surface area contributed by atoms with Gasteiger partial charge in [-0.15, -0.1) is 0 Å². The Kier molecular flexibility index (Phi) is 51.6. The van der Waals surface area contributed by atoms with Gasteiger partial charge in [0.15, 0.2) is 5.96 Å². The first-order valence-electron chi connectivity index (χ1n) is 40.7. The summed E-state index contributed by atoms with van der Waals surface area (Å²) in [5, 5.41) is 101. The number of benzene rings is 1. The van der Waals surface area contributed by atoms with Crippen LogP contribution in [0, 0.1) is 11.3 Å². The first-order valence-corrected chi connectivity index (χ1v) is 44.9. The van der Waals surface area contributed by atoms with Crippen molar-refractivity contribution in [3.63, 3.8) is 0 Å². The molecule has 0 spiro atoms. The van der Waals surface area contributed by atoms with Gasteiger partial charge in [-0.1, -0.05) is 44.2 Å². The van der Waals surface area contributed by atoms with Gasteiger partial charge in [-0.05, 0) is 138 Å². The molecule has 0 aliphatic carbocycles. The van der Waals surface area contributed by atoms with Crippen LogP contribution in [0.2, 0.25) is 0 Å². The number of amides is 16. The Balaban J connectivity index is 2.63. The minimum absolute atomic E-state index is 0.0432. The summed E-state index contributed by atoms with van der Waals surface area (Å²) in [5.74, 6) is -27.1. The summed E-state index contributed by atoms with van der Waals surface area (Å²) in [6.45, 7) is 4.35. The fourth-order valence-corrected chi connectivity index (χ4v) is 13.9. The molecule has 48 nitrogen and oxygen atoms in total. The topological polar surface area (TPSA) is 783 Å². The number of carbonyl (C=O) groups excluding carboxylic acids is 16. The average Bonchev–Trinajstić information content (AvgIpc) is 1.63. The quantitative estimate of drug-likeness (QED) is 0.0164. The lowest BCUT2D eigenvalue weighted by molar-refractivity contribution is -0.143. The van der Waals surface area contributed by atoms with Crippen molar-refractivity contribution in [3.05, 3.63) is 35.9 Å². The van der Waals surface area contributed by atoms with Crippen LogP contribution >= 0.6 is 35.3 Å². The molecule has 714 valence electrons. The summed E-state index contributed by atoms with van der Waals surface area (Å²) in [7, 11) is 0. The van der Waals surface area contributed by atoms with Crippen molar-refractivity contribution >= 4 is 172 Å². The molecular weight excluding hydrogens is 1750 g/mol. The van der Waals surface area contributed by atoms with Crippen molar-refractivity contribution in [3.8, 4) is 0 Å². The zero-order chi connectivity index (χ0) is 96.6. The van der Waals surface area contributed by atoms with Crippen LogP contribution in [0.3, 0.4) is 0 Å². The van der Waals surface area contributed by atoms with Crippen LogP contribution in [0.1, 0.15) is 149 Å². The van der Waals surface area contributed by atoms with E-state index in [2.05, 4.69) is 79.8 Å². The highest BCUT2D eigenvalue weighted by molar-refractivity contribution is 7.99. The average molecular weight is 1870 g/mol. The van der Waals surface area contributed by atoms with Crippen molar-refractivity contribution in [2.24, 2.45) is 23.1 Å². The van der Waals surface area contributed by atoms with E-state index in [9.17, 15) is 131 Å². The van der Waals surface area contributed by atoms with Crippen molar-refractivity contribution in [2.45, 2.75) is 240 Å². The van der Waals surface area contributed by atoms with E-state index in [1.165, 1.54) is 75.5 Å². The highest BCUT2D eigenvalue weighted by atomic mass is 32.2. The van der Waals surface area contributed by atoms with Gasteiger partial charge in [-0.25, -0.2) is 0 Å². The number of likely N-dealkylation sites (tertiary alicyclic amines) is 1. The van der Waals surface area contributed by atoms with E-state index < -0.39 is 316 Å². The van der Waals surface area contributed by atoms with E-state index in [0.717, 1.165) is 16.7 Å². The van der Waals surface area contributed by atoms with Gasteiger partial charge < -0.3 is 132 Å². The van der Waals surface area contributed by atoms with Gasteiger partial charge in [-0.2, -0.15) is 35.3 Å². The molecule has 2 rings (SSSR count). The number of nitrogens with zero attached hydrogens (tertiary/aromatic N) is 1. The molecule has 1 aliphatic heterocycles. The van der Waals surface area contributed by atoms with E-state index in [1.807, 2.05) is 0 Å². The molecule has 0 aromatic heterocycles. The third-order valence-electron chi connectivity index (χ3n) is 19.4. The number of hydrogen-bond acceptors (Lipinski definition) is 27. The Hall–Kier alpha value is -12.2.